The van der Waals surface area contributed by atoms with Gasteiger partial charge >= 0.3 is 0 Å². The Hall–Kier alpha value is -0.160. The van der Waals surface area contributed by atoms with Gasteiger partial charge in [-0.2, -0.15) is 0 Å². The zero-order valence-electron chi connectivity index (χ0n) is 12.9. The van der Waals surface area contributed by atoms with Gasteiger partial charge in [0.05, 0.1) is 12.2 Å². The van der Waals surface area contributed by atoms with Gasteiger partial charge in [0.1, 0.15) is 0 Å². The molecule has 4 heteroatoms. The lowest BCUT2D eigenvalue weighted by Gasteiger charge is -2.43. The van der Waals surface area contributed by atoms with Crippen LogP contribution in [0.1, 0.15) is 39.0 Å². The van der Waals surface area contributed by atoms with Crippen molar-refractivity contribution in [2.24, 2.45) is 5.92 Å². The van der Waals surface area contributed by atoms with Crippen LogP contribution in [0.5, 0.6) is 0 Å². The van der Waals surface area contributed by atoms with E-state index in [9.17, 15) is 0 Å². The Labute approximate surface area is 123 Å². The first-order valence-corrected chi connectivity index (χ1v) is 8.48. The molecule has 3 saturated heterocycles. The normalized spacial score (nSPS) is 38.7. The summed E-state index contributed by atoms with van der Waals surface area (Å²) in [5.74, 6) is 0.835. The smallest absolute Gasteiger partial charge is 0.0951 e. The molecule has 0 radical (unpaired) electrons. The number of hydrogen-bond donors (Lipinski definition) is 1. The molecule has 0 aliphatic carbocycles. The Morgan fingerprint density at radius 2 is 2.25 bits per heavy atom. The first kappa shape index (κ1) is 14.8. The largest absolute Gasteiger partial charge is 0.378 e. The van der Waals surface area contributed by atoms with Gasteiger partial charge in [-0.3, -0.25) is 0 Å². The van der Waals surface area contributed by atoms with Crippen molar-refractivity contribution in [1.29, 1.82) is 0 Å². The van der Waals surface area contributed by atoms with Gasteiger partial charge in [0.25, 0.3) is 0 Å². The standard InChI is InChI=1S/C16H30N2O2/c1-2-18(12-14-4-3-7-17-11-14)15-5-8-20-16(10-15)6-9-19-13-16/h14-15,17H,2-13H2,1H3. The molecule has 3 atom stereocenters. The number of nitrogens with one attached hydrogen (secondary N) is 1. The number of piperidine rings is 1. The van der Waals surface area contributed by atoms with Crippen molar-refractivity contribution in [2.45, 2.75) is 50.7 Å². The summed E-state index contributed by atoms with van der Waals surface area (Å²) >= 11 is 0. The van der Waals surface area contributed by atoms with E-state index in [2.05, 4.69) is 17.1 Å². The van der Waals surface area contributed by atoms with Crippen molar-refractivity contribution >= 4 is 0 Å². The van der Waals surface area contributed by atoms with Crippen molar-refractivity contribution in [3.63, 3.8) is 0 Å². The second-order valence-electron chi connectivity index (χ2n) is 6.78. The minimum atomic E-state index is 0.0428. The maximum Gasteiger partial charge on any atom is 0.0951 e. The van der Waals surface area contributed by atoms with Crippen LogP contribution in [-0.4, -0.2) is 62.5 Å². The van der Waals surface area contributed by atoms with E-state index in [4.69, 9.17) is 9.47 Å². The SMILES string of the molecule is CCN(CC1CCCNC1)C1CCOC2(CCOC2)C1. The lowest BCUT2D eigenvalue weighted by atomic mass is 9.88. The minimum Gasteiger partial charge on any atom is -0.378 e. The molecule has 0 amide bonds. The highest BCUT2D eigenvalue weighted by Gasteiger charge is 2.42. The van der Waals surface area contributed by atoms with Gasteiger partial charge < -0.3 is 19.7 Å². The molecule has 3 heterocycles. The fourth-order valence-electron chi connectivity index (χ4n) is 4.12. The van der Waals surface area contributed by atoms with Gasteiger partial charge in [-0.05, 0) is 51.2 Å². The average molecular weight is 282 g/mol. The van der Waals surface area contributed by atoms with Crippen LogP contribution >= 0.6 is 0 Å². The molecule has 1 spiro atoms. The Balaban J connectivity index is 1.57. The highest BCUT2D eigenvalue weighted by atomic mass is 16.6. The molecule has 0 saturated carbocycles. The molecule has 3 aliphatic rings. The third-order valence-corrected chi connectivity index (χ3v) is 5.35. The predicted octanol–water partition coefficient (Wildman–Crippen LogP) is 1.65. The van der Waals surface area contributed by atoms with E-state index in [-0.39, 0.29) is 5.60 Å². The number of rotatable bonds is 4. The third kappa shape index (κ3) is 3.35. The molecule has 3 rings (SSSR count). The van der Waals surface area contributed by atoms with Gasteiger partial charge in [0.2, 0.25) is 0 Å². The lowest BCUT2D eigenvalue weighted by molar-refractivity contribution is -0.107. The first-order valence-electron chi connectivity index (χ1n) is 8.48. The van der Waals surface area contributed by atoms with E-state index in [0.717, 1.165) is 38.7 Å². The zero-order chi connectivity index (χ0) is 13.8. The van der Waals surface area contributed by atoms with Gasteiger partial charge in [0, 0.05) is 32.2 Å². The maximum atomic E-state index is 6.08. The van der Waals surface area contributed by atoms with Crippen molar-refractivity contribution in [2.75, 3.05) is 46.0 Å². The molecular formula is C16H30N2O2. The molecule has 0 aromatic rings. The Morgan fingerprint density at radius 1 is 1.30 bits per heavy atom. The van der Waals surface area contributed by atoms with Crippen LogP contribution in [-0.2, 0) is 9.47 Å². The first-order chi connectivity index (χ1) is 9.81. The van der Waals surface area contributed by atoms with Crippen LogP contribution in [0.15, 0.2) is 0 Å². The van der Waals surface area contributed by atoms with Gasteiger partial charge in [-0.1, -0.05) is 6.92 Å². The van der Waals surface area contributed by atoms with Crippen LogP contribution in [0.3, 0.4) is 0 Å². The topological polar surface area (TPSA) is 33.7 Å². The Bertz CT molecular complexity index is 299. The van der Waals surface area contributed by atoms with Crippen LogP contribution < -0.4 is 5.32 Å². The third-order valence-electron chi connectivity index (χ3n) is 5.35. The van der Waals surface area contributed by atoms with Crippen molar-refractivity contribution < 1.29 is 9.47 Å². The molecular weight excluding hydrogens is 252 g/mol. The summed E-state index contributed by atoms with van der Waals surface area (Å²) in [5.41, 5.74) is 0.0428. The molecule has 3 fully saturated rings. The summed E-state index contributed by atoms with van der Waals surface area (Å²) in [7, 11) is 0. The van der Waals surface area contributed by atoms with Crippen LogP contribution in [0.4, 0.5) is 0 Å². The van der Waals surface area contributed by atoms with Crippen molar-refractivity contribution in [3.8, 4) is 0 Å². The van der Waals surface area contributed by atoms with Crippen LogP contribution in [0.2, 0.25) is 0 Å². The highest BCUT2D eigenvalue weighted by Crippen LogP contribution is 2.35. The molecule has 1 N–H and O–H groups in total. The number of ether oxygens (including phenoxy) is 2. The van der Waals surface area contributed by atoms with E-state index in [1.54, 1.807) is 0 Å². The summed E-state index contributed by atoms with van der Waals surface area (Å²) in [4.78, 5) is 2.71. The molecule has 4 nitrogen and oxygen atoms in total. The number of nitrogens with zero attached hydrogens (tertiary/aromatic N) is 1. The molecule has 0 bridgehead atoms. The molecule has 3 aliphatic heterocycles. The molecule has 0 aromatic carbocycles. The minimum absolute atomic E-state index is 0.0428. The quantitative estimate of drug-likeness (QED) is 0.850. The highest BCUT2D eigenvalue weighted by molar-refractivity contribution is 4.94. The Kier molecular flexibility index (Phi) is 4.97. The summed E-state index contributed by atoms with van der Waals surface area (Å²) in [6, 6.07) is 0.692. The van der Waals surface area contributed by atoms with Crippen molar-refractivity contribution in [3.05, 3.63) is 0 Å². The summed E-state index contributed by atoms with van der Waals surface area (Å²) in [6.45, 7) is 9.74. The van der Waals surface area contributed by atoms with E-state index in [1.165, 1.54) is 45.3 Å². The summed E-state index contributed by atoms with van der Waals surface area (Å²) in [5, 5.41) is 3.54. The number of hydrogen-bond acceptors (Lipinski definition) is 4. The average Bonchev–Trinajstić information content (AvgIpc) is 2.93. The molecule has 116 valence electrons. The van der Waals surface area contributed by atoms with Gasteiger partial charge in [0.15, 0.2) is 0 Å². The van der Waals surface area contributed by atoms with Crippen LogP contribution in [0.25, 0.3) is 0 Å². The maximum absolute atomic E-state index is 6.08. The predicted molar refractivity (Wildman–Crippen MR) is 80.0 cm³/mol. The molecule has 3 unspecified atom stereocenters. The fourth-order valence-corrected chi connectivity index (χ4v) is 4.12. The summed E-state index contributed by atoms with van der Waals surface area (Å²) in [6.07, 6.45) is 6.18. The molecule has 0 aromatic heterocycles. The fraction of sp³-hybridized carbons (Fsp3) is 1.00. The lowest BCUT2D eigenvalue weighted by Crippen LogP contribution is -2.51. The van der Waals surface area contributed by atoms with E-state index in [0.29, 0.717) is 6.04 Å². The van der Waals surface area contributed by atoms with Crippen LogP contribution in [0, 0.1) is 5.92 Å². The zero-order valence-corrected chi connectivity index (χ0v) is 12.9. The summed E-state index contributed by atoms with van der Waals surface area (Å²) < 4.78 is 11.7. The van der Waals surface area contributed by atoms with Gasteiger partial charge in [-0.15, -0.1) is 0 Å². The van der Waals surface area contributed by atoms with E-state index >= 15 is 0 Å². The monoisotopic (exact) mass is 282 g/mol. The second kappa shape index (κ2) is 6.73. The second-order valence-corrected chi connectivity index (χ2v) is 6.78. The van der Waals surface area contributed by atoms with E-state index < -0.39 is 0 Å². The molecule has 20 heavy (non-hydrogen) atoms. The van der Waals surface area contributed by atoms with Gasteiger partial charge in [-0.25, -0.2) is 0 Å². The van der Waals surface area contributed by atoms with E-state index in [1.807, 2.05) is 0 Å². The Morgan fingerprint density at radius 3 is 2.95 bits per heavy atom. The van der Waals surface area contributed by atoms with Crippen molar-refractivity contribution in [1.82, 2.24) is 10.2 Å².